The van der Waals surface area contributed by atoms with Gasteiger partial charge in [0.15, 0.2) is 5.69 Å². The molecular formula is C19H15F6N9. The molecule has 1 aliphatic rings. The molecule has 34 heavy (non-hydrogen) atoms. The first-order valence-corrected chi connectivity index (χ1v) is 9.77. The first kappa shape index (κ1) is 23.2. The Bertz CT molecular complexity index is 1240. The van der Waals surface area contributed by atoms with Gasteiger partial charge < -0.3 is 10.6 Å². The molecule has 1 aliphatic carbocycles. The normalized spacial score (nSPS) is 15.9. The molecule has 0 amide bonds. The zero-order valence-electron chi connectivity index (χ0n) is 17.3. The summed E-state index contributed by atoms with van der Waals surface area (Å²) in [7, 11) is 0. The summed E-state index contributed by atoms with van der Waals surface area (Å²) in [5.41, 5.74) is -1.05. The van der Waals surface area contributed by atoms with Gasteiger partial charge in [-0.2, -0.15) is 51.7 Å². The summed E-state index contributed by atoms with van der Waals surface area (Å²) in [5.74, 6) is -1.24. The van der Waals surface area contributed by atoms with Crippen molar-refractivity contribution >= 4 is 17.6 Å². The van der Waals surface area contributed by atoms with Crippen molar-refractivity contribution in [2.24, 2.45) is 0 Å². The second-order valence-electron chi connectivity index (χ2n) is 7.58. The molecule has 0 spiro atoms. The predicted octanol–water partition coefficient (Wildman–Crippen LogP) is 4.13. The highest BCUT2D eigenvalue weighted by molar-refractivity contribution is 5.56. The first-order valence-electron chi connectivity index (χ1n) is 9.77. The number of pyridine rings is 1. The van der Waals surface area contributed by atoms with Crippen LogP contribution in [0.5, 0.6) is 0 Å². The Morgan fingerprint density at radius 2 is 1.79 bits per heavy atom. The van der Waals surface area contributed by atoms with E-state index < -0.39 is 41.4 Å². The Morgan fingerprint density at radius 1 is 1.09 bits per heavy atom. The zero-order valence-corrected chi connectivity index (χ0v) is 17.3. The maximum absolute atomic E-state index is 13.0. The zero-order chi connectivity index (χ0) is 24.7. The minimum atomic E-state index is -4.74. The number of nitrogens with one attached hydrogen (secondary N) is 2. The molecule has 4 rings (SSSR count). The van der Waals surface area contributed by atoms with Crippen LogP contribution in [0.4, 0.5) is 43.9 Å². The van der Waals surface area contributed by atoms with Gasteiger partial charge in [0.1, 0.15) is 6.04 Å². The summed E-state index contributed by atoms with van der Waals surface area (Å²) >= 11 is 0. The van der Waals surface area contributed by atoms with Crippen LogP contribution < -0.4 is 10.6 Å². The van der Waals surface area contributed by atoms with Crippen molar-refractivity contribution in [3.05, 3.63) is 42.0 Å². The SMILES string of the molecule is C[C@@H](Nc1nc(Nc2ccnc(C3(C#N)CC3)c2)nc(-n2ccc(C(F)(F)F)n2)n1)C(F)(F)F. The van der Waals surface area contributed by atoms with Crippen LogP contribution in [0.3, 0.4) is 0 Å². The molecule has 178 valence electrons. The standard InChI is InChI=1S/C19H15F6N9/c1-10(18(20,21)22)28-14-30-15(29-11-2-6-27-13(8-11)17(9-26)4-5-17)32-16(31-14)34-7-3-12(33-34)19(23,24)25/h2-3,6-8,10H,4-5H2,1H3,(H2,27,28,29,30,31,32)/t10-/m1/s1. The number of rotatable bonds is 6. The number of alkyl halides is 6. The van der Waals surface area contributed by atoms with Crippen molar-refractivity contribution < 1.29 is 26.3 Å². The van der Waals surface area contributed by atoms with Gasteiger partial charge in [-0.3, -0.25) is 4.98 Å². The van der Waals surface area contributed by atoms with Crippen LogP contribution in [0.1, 0.15) is 31.2 Å². The average molecular weight is 483 g/mol. The van der Waals surface area contributed by atoms with Crippen molar-refractivity contribution in [1.29, 1.82) is 5.26 Å². The second kappa shape index (κ2) is 8.12. The van der Waals surface area contributed by atoms with Crippen LogP contribution >= 0.6 is 0 Å². The molecule has 3 aromatic rings. The van der Waals surface area contributed by atoms with Gasteiger partial charge in [-0.25, -0.2) is 4.68 Å². The number of hydrogen-bond donors (Lipinski definition) is 2. The highest BCUT2D eigenvalue weighted by Crippen LogP contribution is 2.47. The molecule has 0 unspecified atom stereocenters. The van der Waals surface area contributed by atoms with E-state index in [0.717, 1.165) is 13.1 Å². The first-order chi connectivity index (χ1) is 15.9. The number of hydrogen-bond acceptors (Lipinski definition) is 8. The smallest absolute Gasteiger partial charge is 0.343 e. The fraction of sp³-hybridized carbons (Fsp3) is 0.368. The summed E-state index contributed by atoms with van der Waals surface area (Å²) < 4.78 is 78.5. The number of anilines is 3. The molecule has 0 saturated heterocycles. The van der Waals surface area contributed by atoms with Gasteiger partial charge in [-0.1, -0.05) is 0 Å². The lowest BCUT2D eigenvalue weighted by Crippen LogP contribution is -2.34. The average Bonchev–Trinajstić information content (AvgIpc) is 3.39. The summed E-state index contributed by atoms with van der Waals surface area (Å²) in [4.78, 5) is 15.8. The van der Waals surface area contributed by atoms with Gasteiger partial charge >= 0.3 is 12.4 Å². The molecule has 0 radical (unpaired) electrons. The van der Waals surface area contributed by atoms with Crippen molar-refractivity contribution in [3.63, 3.8) is 0 Å². The summed E-state index contributed by atoms with van der Waals surface area (Å²) in [6, 6.07) is 3.90. The minimum Gasteiger partial charge on any atom is -0.343 e. The Kier molecular flexibility index (Phi) is 5.54. The number of nitriles is 1. The lowest BCUT2D eigenvalue weighted by atomic mass is 10.0. The summed E-state index contributed by atoms with van der Waals surface area (Å²) in [5, 5.41) is 17.6. The molecule has 0 aromatic carbocycles. The van der Waals surface area contributed by atoms with E-state index in [9.17, 15) is 31.6 Å². The molecule has 1 saturated carbocycles. The van der Waals surface area contributed by atoms with E-state index in [1.54, 1.807) is 6.07 Å². The van der Waals surface area contributed by atoms with Crippen LogP contribution in [-0.2, 0) is 11.6 Å². The van der Waals surface area contributed by atoms with Crippen molar-refractivity contribution in [2.45, 2.75) is 43.6 Å². The minimum absolute atomic E-state index is 0.259. The molecule has 1 atom stereocenters. The number of halogens is 6. The van der Waals surface area contributed by atoms with Crippen molar-refractivity contribution in [3.8, 4) is 12.0 Å². The van der Waals surface area contributed by atoms with Crippen LogP contribution in [0, 0.1) is 11.3 Å². The van der Waals surface area contributed by atoms with Gasteiger partial charge in [-0.15, -0.1) is 0 Å². The van der Waals surface area contributed by atoms with E-state index in [0.29, 0.717) is 35.0 Å². The third-order valence-electron chi connectivity index (χ3n) is 5.02. The molecule has 9 nitrogen and oxygen atoms in total. The third kappa shape index (κ3) is 4.85. The highest BCUT2D eigenvalue weighted by Gasteiger charge is 2.46. The van der Waals surface area contributed by atoms with E-state index in [2.05, 4.69) is 41.7 Å². The predicted molar refractivity (Wildman–Crippen MR) is 105 cm³/mol. The Morgan fingerprint density at radius 3 is 2.38 bits per heavy atom. The topological polar surface area (TPSA) is 117 Å². The van der Waals surface area contributed by atoms with Gasteiger partial charge in [-0.05, 0) is 38.0 Å². The molecule has 1 fully saturated rings. The fourth-order valence-corrected chi connectivity index (χ4v) is 2.90. The maximum atomic E-state index is 13.0. The molecule has 3 aromatic heterocycles. The Balaban J connectivity index is 1.70. The van der Waals surface area contributed by atoms with E-state index >= 15 is 0 Å². The van der Waals surface area contributed by atoms with Gasteiger partial charge in [0.25, 0.3) is 5.95 Å². The summed E-state index contributed by atoms with van der Waals surface area (Å²) in [6.45, 7) is 0.832. The highest BCUT2D eigenvalue weighted by atomic mass is 19.4. The molecular weight excluding hydrogens is 468 g/mol. The van der Waals surface area contributed by atoms with E-state index in [1.807, 2.05) is 0 Å². The second-order valence-corrected chi connectivity index (χ2v) is 7.58. The maximum Gasteiger partial charge on any atom is 0.435 e. The van der Waals surface area contributed by atoms with Crippen molar-refractivity contribution in [2.75, 3.05) is 10.6 Å². The monoisotopic (exact) mass is 483 g/mol. The van der Waals surface area contributed by atoms with E-state index in [1.165, 1.54) is 12.3 Å². The van der Waals surface area contributed by atoms with Crippen LogP contribution in [0.2, 0.25) is 0 Å². The lowest BCUT2D eigenvalue weighted by molar-refractivity contribution is -0.141. The number of nitrogens with zero attached hydrogens (tertiary/aromatic N) is 7. The summed E-state index contributed by atoms with van der Waals surface area (Å²) in [6.07, 6.45) is -5.73. The Hall–Kier alpha value is -3.96. The molecule has 15 heteroatoms. The third-order valence-corrected chi connectivity index (χ3v) is 5.02. The van der Waals surface area contributed by atoms with Crippen molar-refractivity contribution in [1.82, 2.24) is 29.7 Å². The molecule has 0 bridgehead atoms. The number of aromatic nitrogens is 6. The van der Waals surface area contributed by atoms with Crippen LogP contribution in [-0.4, -0.2) is 41.9 Å². The van der Waals surface area contributed by atoms with Gasteiger partial charge in [0, 0.05) is 18.1 Å². The molecule has 0 aliphatic heterocycles. The largest absolute Gasteiger partial charge is 0.435 e. The molecule has 3 heterocycles. The van der Waals surface area contributed by atoms with Crippen LogP contribution in [0.25, 0.3) is 5.95 Å². The Labute approximate surface area is 187 Å². The van der Waals surface area contributed by atoms with E-state index in [-0.39, 0.29) is 5.95 Å². The van der Waals surface area contributed by atoms with E-state index in [4.69, 9.17) is 0 Å². The molecule has 2 N–H and O–H groups in total. The van der Waals surface area contributed by atoms with Crippen LogP contribution in [0.15, 0.2) is 30.6 Å². The fourth-order valence-electron chi connectivity index (χ4n) is 2.90. The van der Waals surface area contributed by atoms with Gasteiger partial charge in [0.05, 0.1) is 17.2 Å². The van der Waals surface area contributed by atoms with Gasteiger partial charge in [0.2, 0.25) is 11.9 Å². The lowest BCUT2D eigenvalue weighted by Gasteiger charge is -2.18. The quantitative estimate of drug-likeness (QED) is 0.503.